The lowest BCUT2D eigenvalue weighted by Crippen LogP contribution is -2.16. The van der Waals surface area contributed by atoms with Crippen LogP contribution in [0.3, 0.4) is 0 Å². The summed E-state index contributed by atoms with van der Waals surface area (Å²) in [5.74, 6) is 0.537. The first-order valence-electron chi connectivity index (χ1n) is 8.18. The zero-order valence-electron chi connectivity index (χ0n) is 14.8. The molecule has 7 heteroatoms. The molecule has 0 fully saturated rings. The molecule has 0 heterocycles. The summed E-state index contributed by atoms with van der Waals surface area (Å²) in [5, 5.41) is 4.15. The number of rotatable bonds is 10. The van der Waals surface area contributed by atoms with E-state index in [-0.39, 0.29) is 12.2 Å². The fourth-order valence-electron chi connectivity index (χ4n) is 2.37. The minimum absolute atomic E-state index is 0.0210. The van der Waals surface area contributed by atoms with Crippen LogP contribution in [-0.4, -0.2) is 27.4 Å². The van der Waals surface area contributed by atoms with Crippen LogP contribution in [0.2, 0.25) is 10.0 Å². The molecule has 4 nitrogen and oxygen atoms in total. The molecule has 2 rings (SSSR count). The normalized spacial score (nSPS) is 10.8. The minimum Gasteiger partial charge on any atom is -0.493 e. The molecule has 0 aliphatic carbocycles. The lowest BCUT2D eigenvalue weighted by molar-refractivity contribution is 0.194. The molecule has 0 spiro atoms. The van der Waals surface area contributed by atoms with Crippen LogP contribution in [0.15, 0.2) is 30.3 Å². The molecule has 0 amide bonds. The van der Waals surface area contributed by atoms with Crippen molar-refractivity contribution in [1.82, 2.24) is 5.32 Å². The van der Waals surface area contributed by atoms with E-state index >= 15 is 0 Å². The molecular formula is C19H22Cl2FNO3. The minimum atomic E-state index is -0.417. The monoisotopic (exact) mass is 401 g/mol. The summed E-state index contributed by atoms with van der Waals surface area (Å²) in [6, 6.07) is 7.98. The van der Waals surface area contributed by atoms with Gasteiger partial charge in [0.25, 0.3) is 0 Å². The Bertz CT molecular complexity index is 708. The van der Waals surface area contributed by atoms with E-state index in [1.165, 1.54) is 6.07 Å². The van der Waals surface area contributed by atoms with Crippen molar-refractivity contribution in [3.8, 4) is 11.5 Å². The highest BCUT2D eigenvalue weighted by Gasteiger charge is 2.13. The van der Waals surface area contributed by atoms with Gasteiger partial charge in [-0.2, -0.15) is 0 Å². The van der Waals surface area contributed by atoms with Crippen molar-refractivity contribution in [2.45, 2.75) is 19.6 Å². The van der Waals surface area contributed by atoms with E-state index < -0.39 is 5.82 Å². The molecule has 142 valence electrons. The SMILES string of the molecule is COCCCNCc1cc(OC)c(OCc2c(F)cccc2Cl)cc1Cl. The van der Waals surface area contributed by atoms with E-state index in [2.05, 4.69) is 5.32 Å². The first kappa shape index (κ1) is 20.8. The third kappa shape index (κ3) is 5.74. The molecule has 0 bridgehead atoms. The van der Waals surface area contributed by atoms with Gasteiger partial charge in [-0.1, -0.05) is 29.3 Å². The summed E-state index contributed by atoms with van der Waals surface area (Å²) in [6.07, 6.45) is 0.913. The van der Waals surface area contributed by atoms with E-state index in [4.69, 9.17) is 37.4 Å². The molecule has 0 aliphatic heterocycles. The smallest absolute Gasteiger partial charge is 0.163 e. The van der Waals surface area contributed by atoms with Crippen LogP contribution >= 0.6 is 23.2 Å². The van der Waals surface area contributed by atoms with Crippen LogP contribution in [0.5, 0.6) is 11.5 Å². The number of halogens is 3. The van der Waals surface area contributed by atoms with Gasteiger partial charge in [0.1, 0.15) is 12.4 Å². The Morgan fingerprint density at radius 3 is 2.58 bits per heavy atom. The molecule has 26 heavy (non-hydrogen) atoms. The lowest BCUT2D eigenvalue weighted by atomic mass is 10.2. The van der Waals surface area contributed by atoms with E-state index in [0.29, 0.717) is 34.7 Å². The summed E-state index contributed by atoms with van der Waals surface area (Å²) in [5.41, 5.74) is 1.17. The topological polar surface area (TPSA) is 39.7 Å². The average molecular weight is 402 g/mol. The Hall–Kier alpha value is -1.53. The molecule has 0 aliphatic rings. The number of hydrogen-bond acceptors (Lipinski definition) is 4. The van der Waals surface area contributed by atoms with Gasteiger partial charge in [-0.15, -0.1) is 0 Å². The van der Waals surface area contributed by atoms with Gasteiger partial charge in [0.15, 0.2) is 11.5 Å². The highest BCUT2D eigenvalue weighted by atomic mass is 35.5. The summed E-state index contributed by atoms with van der Waals surface area (Å²) < 4.78 is 30.0. The summed E-state index contributed by atoms with van der Waals surface area (Å²) >= 11 is 12.4. The number of methoxy groups -OCH3 is 2. The number of nitrogens with one attached hydrogen (secondary N) is 1. The van der Waals surface area contributed by atoms with Gasteiger partial charge in [-0.3, -0.25) is 0 Å². The van der Waals surface area contributed by atoms with E-state index in [0.717, 1.165) is 18.5 Å². The molecule has 2 aromatic rings. The first-order chi connectivity index (χ1) is 12.6. The third-order valence-corrected chi connectivity index (χ3v) is 4.49. The third-order valence-electron chi connectivity index (χ3n) is 3.78. The highest BCUT2D eigenvalue weighted by molar-refractivity contribution is 6.31. The molecule has 0 atom stereocenters. The second kappa shape index (κ2) is 10.6. The zero-order chi connectivity index (χ0) is 18.9. The van der Waals surface area contributed by atoms with Crippen molar-refractivity contribution in [3.63, 3.8) is 0 Å². The van der Waals surface area contributed by atoms with Gasteiger partial charge >= 0.3 is 0 Å². The maximum absolute atomic E-state index is 13.9. The molecule has 1 N–H and O–H groups in total. The van der Waals surface area contributed by atoms with Crippen LogP contribution in [0.4, 0.5) is 4.39 Å². The Balaban J connectivity index is 2.06. The standard InChI is InChI=1S/C19H22Cl2FNO3/c1-24-8-4-7-23-11-13-9-18(25-2)19(10-16(13)21)26-12-14-15(20)5-3-6-17(14)22/h3,5-6,9-10,23H,4,7-8,11-12H2,1-2H3. The summed E-state index contributed by atoms with van der Waals surface area (Å²) in [4.78, 5) is 0. The summed E-state index contributed by atoms with van der Waals surface area (Å²) in [6.45, 7) is 2.09. The molecule has 0 radical (unpaired) electrons. The van der Waals surface area contributed by atoms with Gasteiger partial charge in [0, 0.05) is 36.9 Å². The molecule has 0 saturated heterocycles. The zero-order valence-corrected chi connectivity index (χ0v) is 16.3. The van der Waals surface area contributed by atoms with Crippen molar-refractivity contribution < 1.29 is 18.6 Å². The fraction of sp³-hybridized carbons (Fsp3) is 0.368. The number of ether oxygens (including phenoxy) is 3. The average Bonchev–Trinajstić information content (AvgIpc) is 2.62. The lowest BCUT2D eigenvalue weighted by Gasteiger charge is -2.15. The van der Waals surface area contributed by atoms with Crippen molar-refractivity contribution in [3.05, 3.63) is 57.3 Å². The largest absolute Gasteiger partial charge is 0.493 e. The molecule has 0 unspecified atom stereocenters. The Morgan fingerprint density at radius 1 is 1.08 bits per heavy atom. The number of hydrogen-bond donors (Lipinski definition) is 1. The van der Waals surface area contributed by atoms with Crippen molar-refractivity contribution >= 4 is 23.2 Å². The highest BCUT2D eigenvalue weighted by Crippen LogP contribution is 2.34. The summed E-state index contributed by atoms with van der Waals surface area (Å²) in [7, 11) is 3.22. The van der Waals surface area contributed by atoms with Crippen molar-refractivity contribution in [2.75, 3.05) is 27.4 Å². The van der Waals surface area contributed by atoms with Gasteiger partial charge in [-0.25, -0.2) is 4.39 Å². The molecule has 0 saturated carbocycles. The van der Waals surface area contributed by atoms with Gasteiger partial charge in [0.05, 0.1) is 12.1 Å². The van der Waals surface area contributed by atoms with Crippen LogP contribution in [0.25, 0.3) is 0 Å². The predicted molar refractivity (Wildman–Crippen MR) is 102 cm³/mol. The predicted octanol–water partition coefficient (Wildman–Crippen LogP) is 4.85. The van der Waals surface area contributed by atoms with E-state index in [1.807, 2.05) is 6.07 Å². The van der Waals surface area contributed by atoms with E-state index in [9.17, 15) is 4.39 Å². The second-order valence-electron chi connectivity index (χ2n) is 5.61. The Morgan fingerprint density at radius 2 is 1.88 bits per heavy atom. The van der Waals surface area contributed by atoms with Crippen molar-refractivity contribution in [2.24, 2.45) is 0 Å². The maximum Gasteiger partial charge on any atom is 0.163 e. The quantitative estimate of drug-likeness (QED) is 0.577. The van der Waals surface area contributed by atoms with Crippen LogP contribution < -0.4 is 14.8 Å². The first-order valence-corrected chi connectivity index (χ1v) is 8.94. The number of benzene rings is 2. The maximum atomic E-state index is 13.9. The fourth-order valence-corrected chi connectivity index (χ4v) is 2.81. The van der Waals surface area contributed by atoms with Crippen molar-refractivity contribution in [1.29, 1.82) is 0 Å². The van der Waals surface area contributed by atoms with Crippen LogP contribution in [0.1, 0.15) is 17.5 Å². The van der Waals surface area contributed by atoms with Gasteiger partial charge in [-0.05, 0) is 36.7 Å². The van der Waals surface area contributed by atoms with Crippen LogP contribution in [-0.2, 0) is 17.9 Å². The van der Waals surface area contributed by atoms with Crippen LogP contribution in [0, 0.1) is 5.82 Å². The molecule has 2 aromatic carbocycles. The Kier molecular flexibility index (Phi) is 8.45. The second-order valence-corrected chi connectivity index (χ2v) is 6.42. The van der Waals surface area contributed by atoms with Gasteiger partial charge < -0.3 is 19.5 Å². The molecule has 0 aromatic heterocycles. The molecular weight excluding hydrogens is 380 g/mol. The van der Waals surface area contributed by atoms with Gasteiger partial charge in [0.2, 0.25) is 0 Å². The van der Waals surface area contributed by atoms with E-state index in [1.54, 1.807) is 32.4 Å². The Labute approximate surface area is 163 Å².